The summed E-state index contributed by atoms with van der Waals surface area (Å²) >= 11 is 0. The number of nitrogens with one attached hydrogen (secondary N) is 2. The first-order valence-corrected chi connectivity index (χ1v) is 8.58. The van der Waals surface area contributed by atoms with Crippen LogP contribution in [0.3, 0.4) is 0 Å². The number of carbonyl (C=O) groups is 1. The molecule has 0 spiro atoms. The Morgan fingerprint density at radius 2 is 1.70 bits per heavy atom. The van der Waals surface area contributed by atoms with Crippen LogP contribution in [0.15, 0.2) is 54.6 Å². The van der Waals surface area contributed by atoms with Crippen LogP contribution in [0, 0.1) is 11.6 Å². The number of hydrogen-bond donors (Lipinski definition) is 2. The molecule has 0 aromatic heterocycles. The van der Waals surface area contributed by atoms with E-state index < -0.39 is 23.2 Å². The molecule has 27 heavy (non-hydrogen) atoms. The maximum Gasteiger partial charge on any atom is 0.279 e. The molecule has 0 aliphatic heterocycles. The smallest absolute Gasteiger partial charge is 0.279 e. The molecule has 3 aromatic rings. The van der Waals surface area contributed by atoms with Crippen molar-refractivity contribution in [2.75, 3.05) is 26.0 Å². The van der Waals surface area contributed by atoms with Gasteiger partial charge in [0.05, 0.1) is 14.2 Å². The molecule has 0 saturated heterocycles. The summed E-state index contributed by atoms with van der Waals surface area (Å²) < 4.78 is 32.5. The lowest BCUT2D eigenvalue weighted by atomic mass is 10.1. The van der Waals surface area contributed by atoms with Gasteiger partial charge in [-0.2, -0.15) is 0 Å². The van der Waals surface area contributed by atoms with Crippen LogP contribution < -0.4 is 15.0 Å². The zero-order valence-electron chi connectivity index (χ0n) is 15.2. The maximum absolute atomic E-state index is 13.6. The average molecular weight is 371 g/mol. The highest BCUT2D eigenvalue weighted by molar-refractivity contribution is 5.91. The number of anilines is 1. The van der Waals surface area contributed by atoms with Gasteiger partial charge in [0.2, 0.25) is 0 Å². The van der Waals surface area contributed by atoms with Crippen LogP contribution >= 0.6 is 0 Å². The first-order valence-electron chi connectivity index (χ1n) is 8.58. The summed E-state index contributed by atoms with van der Waals surface area (Å²) in [6.45, 7) is 0.698. The Bertz CT molecular complexity index is 955. The fourth-order valence-corrected chi connectivity index (χ4v) is 3.00. The Morgan fingerprint density at radius 1 is 1.04 bits per heavy atom. The summed E-state index contributed by atoms with van der Waals surface area (Å²) in [5.74, 6) is -1.21. The van der Waals surface area contributed by atoms with E-state index in [1.165, 1.54) is 6.07 Å². The molecule has 0 saturated carbocycles. The third kappa shape index (κ3) is 4.60. The van der Waals surface area contributed by atoms with Crippen molar-refractivity contribution in [3.63, 3.8) is 0 Å². The van der Waals surface area contributed by atoms with E-state index in [0.29, 0.717) is 6.54 Å². The van der Waals surface area contributed by atoms with Crippen molar-refractivity contribution < 1.29 is 23.2 Å². The van der Waals surface area contributed by atoms with Gasteiger partial charge in [0, 0.05) is 5.56 Å². The highest BCUT2D eigenvalue weighted by Crippen LogP contribution is 2.21. The number of methoxy groups -OCH3 is 1. The number of para-hydroxylation sites is 1. The van der Waals surface area contributed by atoms with E-state index in [2.05, 4.69) is 11.4 Å². The summed E-state index contributed by atoms with van der Waals surface area (Å²) in [6.07, 6.45) is 0. The van der Waals surface area contributed by atoms with Gasteiger partial charge < -0.3 is 15.0 Å². The minimum Gasteiger partial charge on any atom is -0.497 e. The Labute approximate surface area is 156 Å². The molecule has 3 rings (SSSR count). The van der Waals surface area contributed by atoms with Crippen molar-refractivity contribution in [3.05, 3.63) is 71.8 Å². The normalized spacial score (nSPS) is 12.0. The highest BCUT2D eigenvalue weighted by Gasteiger charge is 2.15. The summed E-state index contributed by atoms with van der Waals surface area (Å²) in [6, 6.07) is 15.4. The molecular formula is C21H21F2N2O2+. The Morgan fingerprint density at radius 3 is 2.41 bits per heavy atom. The third-order valence-electron chi connectivity index (χ3n) is 4.31. The van der Waals surface area contributed by atoms with Crippen LogP contribution in [0.5, 0.6) is 5.75 Å². The van der Waals surface area contributed by atoms with E-state index in [0.717, 1.165) is 39.1 Å². The van der Waals surface area contributed by atoms with Gasteiger partial charge in [-0.05, 0) is 41.1 Å². The predicted octanol–water partition coefficient (Wildman–Crippen LogP) is 2.78. The van der Waals surface area contributed by atoms with Gasteiger partial charge in [-0.15, -0.1) is 0 Å². The molecule has 2 N–H and O–H groups in total. The molecule has 6 heteroatoms. The van der Waals surface area contributed by atoms with E-state index in [1.807, 2.05) is 37.4 Å². The van der Waals surface area contributed by atoms with Crippen molar-refractivity contribution in [2.45, 2.75) is 6.54 Å². The molecule has 140 valence electrons. The molecule has 0 bridgehead atoms. The molecule has 3 aromatic carbocycles. The lowest BCUT2D eigenvalue weighted by molar-refractivity contribution is -0.885. The van der Waals surface area contributed by atoms with E-state index in [4.69, 9.17) is 4.74 Å². The minimum atomic E-state index is -0.786. The molecule has 1 amide bonds. The van der Waals surface area contributed by atoms with Crippen LogP contribution in [-0.2, 0) is 11.3 Å². The zero-order chi connectivity index (χ0) is 19.4. The number of carbonyl (C=O) groups excluding carboxylic acids is 1. The van der Waals surface area contributed by atoms with Gasteiger partial charge in [0.1, 0.15) is 29.6 Å². The van der Waals surface area contributed by atoms with E-state index >= 15 is 0 Å². The summed E-state index contributed by atoms with van der Waals surface area (Å²) in [5.41, 5.74) is 0.657. The molecule has 0 fully saturated rings. The van der Waals surface area contributed by atoms with Gasteiger partial charge in [0.25, 0.3) is 5.91 Å². The summed E-state index contributed by atoms with van der Waals surface area (Å²) in [5, 5.41) is 4.47. The van der Waals surface area contributed by atoms with Gasteiger partial charge in [-0.25, -0.2) is 8.78 Å². The maximum atomic E-state index is 13.6. The zero-order valence-corrected chi connectivity index (χ0v) is 15.2. The van der Waals surface area contributed by atoms with Crippen molar-refractivity contribution in [1.29, 1.82) is 0 Å². The summed E-state index contributed by atoms with van der Waals surface area (Å²) in [4.78, 5) is 13.0. The SMILES string of the molecule is COc1ccc2cc(C[NH+](C)CC(=O)Nc3c(F)cccc3F)ccc2c1. The predicted molar refractivity (Wildman–Crippen MR) is 101 cm³/mol. The highest BCUT2D eigenvalue weighted by atomic mass is 19.1. The Kier molecular flexibility index (Phi) is 5.66. The number of likely N-dealkylation sites (N-methyl/N-ethyl adjacent to an activating group) is 1. The molecule has 4 nitrogen and oxygen atoms in total. The number of hydrogen-bond acceptors (Lipinski definition) is 2. The standard InChI is InChI=1S/C21H20F2N2O2/c1-25(13-20(26)24-21-18(22)4-3-5-19(21)23)12-14-6-7-16-11-17(27-2)9-8-15(16)10-14/h3-11H,12-13H2,1-2H3,(H,24,26)/p+1. The van der Waals surface area contributed by atoms with Crippen LogP contribution in [0.1, 0.15) is 5.56 Å². The lowest BCUT2D eigenvalue weighted by Gasteiger charge is -2.15. The monoisotopic (exact) mass is 371 g/mol. The molecule has 1 atom stereocenters. The van der Waals surface area contributed by atoms with E-state index in [1.54, 1.807) is 7.11 Å². The Hall–Kier alpha value is -2.99. The first-order chi connectivity index (χ1) is 13.0. The van der Waals surface area contributed by atoms with E-state index in [-0.39, 0.29) is 6.54 Å². The van der Waals surface area contributed by atoms with Crippen LogP contribution in [0.25, 0.3) is 10.8 Å². The lowest BCUT2D eigenvalue weighted by Crippen LogP contribution is -3.08. The van der Waals surface area contributed by atoms with Crippen LogP contribution in [0.4, 0.5) is 14.5 Å². The summed E-state index contributed by atoms with van der Waals surface area (Å²) in [7, 11) is 3.49. The number of quaternary nitrogens is 1. The molecule has 0 heterocycles. The topological polar surface area (TPSA) is 42.8 Å². The number of benzene rings is 3. The van der Waals surface area contributed by atoms with Gasteiger partial charge in [0.15, 0.2) is 6.54 Å². The number of fused-ring (bicyclic) bond motifs is 1. The number of ether oxygens (including phenoxy) is 1. The average Bonchev–Trinajstić information content (AvgIpc) is 2.64. The fraction of sp³-hybridized carbons (Fsp3) is 0.190. The quantitative estimate of drug-likeness (QED) is 0.700. The van der Waals surface area contributed by atoms with Crippen molar-refractivity contribution >= 4 is 22.4 Å². The van der Waals surface area contributed by atoms with Gasteiger partial charge in [-0.3, -0.25) is 4.79 Å². The van der Waals surface area contributed by atoms with Crippen LogP contribution in [-0.4, -0.2) is 26.6 Å². The number of amides is 1. The van der Waals surface area contributed by atoms with Crippen molar-refractivity contribution in [3.8, 4) is 5.75 Å². The number of halogens is 2. The molecular weight excluding hydrogens is 350 g/mol. The largest absolute Gasteiger partial charge is 0.497 e. The Balaban J connectivity index is 1.64. The minimum absolute atomic E-state index is 0.0917. The van der Waals surface area contributed by atoms with Crippen LogP contribution in [0.2, 0.25) is 0 Å². The molecule has 0 radical (unpaired) electrons. The third-order valence-corrected chi connectivity index (χ3v) is 4.31. The fourth-order valence-electron chi connectivity index (χ4n) is 3.00. The second kappa shape index (κ2) is 8.14. The second-order valence-electron chi connectivity index (χ2n) is 6.50. The van der Waals surface area contributed by atoms with Gasteiger partial charge in [-0.1, -0.05) is 24.3 Å². The van der Waals surface area contributed by atoms with Crippen molar-refractivity contribution in [1.82, 2.24) is 0 Å². The van der Waals surface area contributed by atoms with Gasteiger partial charge >= 0.3 is 0 Å². The van der Waals surface area contributed by atoms with E-state index in [9.17, 15) is 13.6 Å². The molecule has 0 aliphatic carbocycles. The molecule has 0 aliphatic rings. The molecule has 1 unspecified atom stereocenters. The second-order valence-corrected chi connectivity index (χ2v) is 6.50. The van der Waals surface area contributed by atoms with Crippen molar-refractivity contribution in [2.24, 2.45) is 0 Å². The number of rotatable bonds is 6. The first kappa shape index (κ1) is 18.8.